The highest BCUT2D eigenvalue weighted by molar-refractivity contribution is 5.75. The molecule has 0 spiro atoms. The van der Waals surface area contributed by atoms with Crippen molar-refractivity contribution in [3.8, 4) is 0 Å². The van der Waals surface area contributed by atoms with Crippen LogP contribution in [0.3, 0.4) is 0 Å². The summed E-state index contributed by atoms with van der Waals surface area (Å²) in [6.07, 6.45) is 4.32. The third kappa shape index (κ3) is 5.06. The van der Waals surface area contributed by atoms with Gasteiger partial charge in [0, 0.05) is 31.0 Å². The van der Waals surface area contributed by atoms with E-state index in [0.29, 0.717) is 30.0 Å². The Morgan fingerprint density at radius 2 is 1.94 bits per heavy atom. The Kier molecular flexibility index (Phi) is 6.67. The molecule has 31 heavy (non-hydrogen) atoms. The molecular formula is C23H34N6O2. The first-order valence-electron chi connectivity index (χ1n) is 10.9. The number of pyridine rings is 1. The Balaban J connectivity index is 1.66. The first kappa shape index (κ1) is 22.8. The SMILES string of the molecule is C[C@@H]1[C@@H](C)C(C)(C)[C@@H](C)C[C@H]1Nc1cc(=O)n(CC(=O)NCc2ccncc2)nc1N. The summed E-state index contributed by atoms with van der Waals surface area (Å²) >= 11 is 0. The van der Waals surface area contributed by atoms with Crippen LogP contribution in [0.4, 0.5) is 11.5 Å². The second-order valence-electron chi connectivity index (χ2n) is 9.43. The Morgan fingerprint density at radius 1 is 1.26 bits per heavy atom. The summed E-state index contributed by atoms with van der Waals surface area (Å²) in [5.74, 6) is 1.39. The molecule has 3 rings (SSSR count). The van der Waals surface area contributed by atoms with Gasteiger partial charge in [0.15, 0.2) is 5.82 Å². The number of aromatic nitrogens is 3. The van der Waals surface area contributed by atoms with Crippen molar-refractivity contribution in [1.29, 1.82) is 0 Å². The van der Waals surface area contributed by atoms with Gasteiger partial charge in [-0.15, -0.1) is 5.10 Å². The average molecular weight is 427 g/mol. The predicted molar refractivity (Wildman–Crippen MR) is 122 cm³/mol. The van der Waals surface area contributed by atoms with Gasteiger partial charge in [0.1, 0.15) is 6.54 Å². The molecule has 0 unspecified atom stereocenters. The zero-order chi connectivity index (χ0) is 22.8. The predicted octanol–water partition coefficient (Wildman–Crippen LogP) is 2.66. The van der Waals surface area contributed by atoms with Crippen LogP contribution in [-0.4, -0.2) is 26.7 Å². The number of nitrogens with one attached hydrogen (secondary N) is 2. The van der Waals surface area contributed by atoms with E-state index in [4.69, 9.17) is 5.73 Å². The van der Waals surface area contributed by atoms with Crippen LogP contribution in [0.5, 0.6) is 0 Å². The lowest BCUT2D eigenvalue weighted by atomic mass is 9.58. The molecule has 8 nitrogen and oxygen atoms in total. The third-order valence-corrected chi connectivity index (χ3v) is 7.37. The second-order valence-corrected chi connectivity index (χ2v) is 9.43. The van der Waals surface area contributed by atoms with E-state index in [9.17, 15) is 9.59 Å². The lowest BCUT2D eigenvalue weighted by Gasteiger charge is -2.50. The minimum atomic E-state index is -0.361. The molecule has 4 N–H and O–H groups in total. The maximum Gasteiger partial charge on any atom is 0.269 e. The molecule has 1 aliphatic carbocycles. The molecule has 0 aliphatic heterocycles. The topological polar surface area (TPSA) is 115 Å². The van der Waals surface area contributed by atoms with Crippen LogP contribution >= 0.6 is 0 Å². The number of rotatable bonds is 6. The van der Waals surface area contributed by atoms with Gasteiger partial charge in [0.05, 0.1) is 5.69 Å². The molecule has 1 aliphatic rings. The monoisotopic (exact) mass is 426 g/mol. The molecule has 168 valence electrons. The van der Waals surface area contributed by atoms with Crippen molar-refractivity contribution in [3.63, 3.8) is 0 Å². The summed E-state index contributed by atoms with van der Waals surface area (Å²) in [5, 5.41) is 10.4. The molecule has 8 heteroatoms. The highest BCUT2D eigenvalue weighted by atomic mass is 16.2. The van der Waals surface area contributed by atoms with E-state index in [2.05, 4.69) is 55.3 Å². The van der Waals surface area contributed by atoms with Gasteiger partial charge in [0.2, 0.25) is 5.91 Å². The average Bonchev–Trinajstić information content (AvgIpc) is 2.73. The molecule has 0 bridgehead atoms. The van der Waals surface area contributed by atoms with E-state index in [1.165, 1.54) is 6.07 Å². The summed E-state index contributed by atoms with van der Waals surface area (Å²) in [6, 6.07) is 5.29. The zero-order valence-electron chi connectivity index (χ0n) is 19.1. The van der Waals surface area contributed by atoms with E-state index in [1.54, 1.807) is 12.4 Å². The van der Waals surface area contributed by atoms with Crippen LogP contribution in [0.15, 0.2) is 35.4 Å². The fraction of sp³-hybridized carbons (Fsp3) is 0.565. The molecule has 4 atom stereocenters. The first-order chi connectivity index (χ1) is 14.6. The lowest BCUT2D eigenvalue weighted by molar-refractivity contribution is -0.122. The number of amides is 1. The van der Waals surface area contributed by atoms with Crippen molar-refractivity contribution in [2.45, 2.75) is 60.2 Å². The molecule has 2 aromatic heterocycles. The number of hydrogen-bond donors (Lipinski definition) is 3. The Morgan fingerprint density at radius 3 is 2.61 bits per heavy atom. The number of anilines is 2. The van der Waals surface area contributed by atoms with Crippen molar-refractivity contribution in [1.82, 2.24) is 20.1 Å². The van der Waals surface area contributed by atoms with Gasteiger partial charge < -0.3 is 16.4 Å². The zero-order valence-corrected chi connectivity index (χ0v) is 19.1. The maximum atomic E-state index is 12.6. The summed E-state index contributed by atoms with van der Waals surface area (Å²) < 4.78 is 1.10. The molecular weight excluding hydrogens is 392 g/mol. The van der Waals surface area contributed by atoms with Crippen LogP contribution in [0.1, 0.15) is 46.6 Å². The highest BCUT2D eigenvalue weighted by Gasteiger charge is 2.43. The standard InChI is InChI=1S/C23H34N6O2/c1-14-10-18(15(2)16(3)23(14,4)5)27-19-11-21(31)29(28-22(19)24)13-20(30)26-12-17-6-8-25-9-7-17/h6-9,11,14-16,18,27H,10,12-13H2,1-5H3,(H2,24,28)(H,26,30)/t14-,15+,16+,18+/m0/s1. The normalized spacial score (nSPS) is 25.1. The van der Waals surface area contributed by atoms with Crippen molar-refractivity contribution in [2.75, 3.05) is 11.1 Å². The van der Waals surface area contributed by atoms with E-state index < -0.39 is 0 Å². The molecule has 1 amide bonds. The summed E-state index contributed by atoms with van der Waals surface area (Å²) in [4.78, 5) is 28.8. The number of hydrogen-bond acceptors (Lipinski definition) is 6. The third-order valence-electron chi connectivity index (χ3n) is 7.37. The van der Waals surface area contributed by atoms with E-state index >= 15 is 0 Å². The van der Waals surface area contributed by atoms with Crippen molar-refractivity contribution in [2.24, 2.45) is 23.2 Å². The molecule has 1 fully saturated rings. The summed E-state index contributed by atoms with van der Waals surface area (Å²) in [6.45, 7) is 11.6. The molecule has 2 heterocycles. The maximum absolute atomic E-state index is 12.6. The van der Waals surface area contributed by atoms with Crippen molar-refractivity contribution >= 4 is 17.4 Å². The van der Waals surface area contributed by atoms with Crippen molar-refractivity contribution < 1.29 is 4.79 Å². The lowest BCUT2D eigenvalue weighted by Crippen LogP contribution is -2.48. The molecule has 0 radical (unpaired) electrons. The molecule has 0 aromatic carbocycles. The van der Waals surface area contributed by atoms with Gasteiger partial charge in [-0.3, -0.25) is 14.6 Å². The van der Waals surface area contributed by atoms with E-state index in [1.807, 2.05) is 12.1 Å². The number of carbonyl (C=O) groups is 1. The van der Waals surface area contributed by atoms with Crippen LogP contribution in [-0.2, 0) is 17.9 Å². The van der Waals surface area contributed by atoms with E-state index in [-0.39, 0.29) is 35.3 Å². The van der Waals surface area contributed by atoms with Gasteiger partial charge in [-0.2, -0.15) is 0 Å². The summed E-state index contributed by atoms with van der Waals surface area (Å²) in [5.41, 5.74) is 7.51. The fourth-order valence-corrected chi connectivity index (χ4v) is 4.39. The molecule has 1 saturated carbocycles. The largest absolute Gasteiger partial charge is 0.381 e. The first-order valence-corrected chi connectivity index (χ1v) is 10.9. The van der Waals surface area contributed by atoms with Gasteiger partial charge in [-0.05, 0) is 47.3 Å². The summed E-state index contributed by atoms with van der Waals surface area (Å²) in [7, 11) is 0. The van der Waals surface area contributed by atoms with Gasteiger partial charge >= 0.3 is 0 Å². The quantitative estimate of drug-likeness (QED) is 0.654. The van der Waals surface area contributed by atoms with Crippen LogP contribution in [0, 0.1) is 23.2 Å². The van der Waals surface area contributed by atoms with Gasteiger partial charge in [-0.1, -0.05) is 34.6 Å². The van der Waals surface area contributed by atoms with Crippen LogP contribution in [0.25, 0.3) is 0 Å². The minimum absolute atomic E-state index is 0.184. The Labute approximate surface area is 183 Å². The highest BCUT2D eigenvalue weighted by Crippen LogP contribution is 2.48. The molecule has 0 saturated heterocycles. The number of nitrogens with two attached hydrogens (primary N) is 1. The smallest absolute Gasteiger partial charge is 0.269 e. The van der Waals surface area contributed by atoms with E-state index in [0.717, 1.165) is 16.7 Å². The molecule has 2 aromatic rings. The van der Waals surface area contributed by atoms with Gasteiger partial charge in [0.25, 0.3) is 5.56 Å². The number of nitrogen functional groups attached to an aromatic ring is 1. The van der Waals surface area contributed by atoms with Crippen molar-refractivity contribution in [3.05, 3.63) is 46.5 Å². The van der Waals surface area contributed by atoms with Gasteiger partial charge in [-0.25, -0.2) is 4.68 Å². The fourth-order valence-electron chi connectivity index (χ4n) is 4.39. The number of carbonyl (C=O) groups excluding carboxylic acids is 1. The minimum Gasteiger partial charge on any atom is -0.381 e. The second kappa shape index (κ2) is 9.08. The van der Waals surface area contributed by atoms with Crippen LogP contribution in [0.2, 0.25) is 0 Å². The number of nitrogens with zero attached hydrogens (tertiary/aromatic N) is 3. The Bertz CT molecular complexity index is 972. The van der Waals surface area contributed by atoms with Crippen LogP contribution < -0.4 is 21.9 Å². The Hall–Kier alpha value is -2.90.